The van der Waals surface area contributed by atoms with E-state index in [0.29, 0.717) is 5.96 Å². The number of guanidine groups is 1. The molecular formula is C17H16Cl2N4S2. The molecule has 0 saturated carbocycles. The monoisotopic (exact) mass is 410 g/mol. The van der Waals surface area contributed by atoms with Gasteiger partial charge in [0.1, 0.15) is 0 Å². The molecule has 0 aliphatic carbocycles. The molecule has 0 bridgehead atoms. The van der Waals surface area contributed by atoms with Gasteiger partial charge in [-0.05, 0) is 55.0 Å². The topological polar surface area (TPSA) is 48.8 Å². The second-order valence-corrected chi connectivity index (χ2v) is 8.60. The summed E-state index contributed by atoms with van der Waals surface area (Å²) in [6, 6.07) is 7.71. The molecule has 1 aliphatic heterocycles. The molecule has 25 heavy (non-hydrogen) atoms. The lowest BCUT2D eigenvalue weighted by molar-refractivity contribution is 0.711. The summed E-state index contributed by atoms with van der Waals surface area (Å²) in [5.74, 6) is 0.698. The van der Waals surface area contributed by atoms with Crippen molar-refractivity contribution in [3.63, 3.8) is 0 Å². The van der Waals surface area contributed by atoms with E-state index in [2.05, 4.69) is 20.8 Å². The SMILES string of the molecule is Clc1ccc(/C=C/C(/C=C/c2ccc(Cl)s2)=NNC2=NCCCN2)s1. The van der Waals surface area contributed by atoms with E-state index in [1.54, 1.807) is 0 Å². The Hall–Kier alpha value is -1.60. The normalized spacial score (nSPS) is 14.6. The Bertz CT molecular complexity index is 781. The van der Waals surface area contributed by atoms with Crippen molar-refractivity contribution in [1.29, 1.82) is 0 Å². The Morgan fingerprint density at radius 3 is 2.20 bits per heavy atom. The predicted octanol–water partition coefficient (Wildman–Crippen LogP) is 5.14. The highest BCUT2D eigenvalue weighted by Crippen LogP contribution is 2.23. The van der Waals surface area contributed by atoms with Gasteiger partial charge in [-0.15, -0.1) is 22.7 Å². The third kappa shape index (κ3) is 6.01. The third-order valence-corrected chi connectivity index (χ3v) is 5.61. The number of nitrogens with zero attached hydrogens (tertiary/aromatic N) is 2. The van der Waals surface area contributed by atoms with Gasteiger partial charge >= 0.3 is 0 Å². The first-order valence-corrected chi connectivity index (χ1v) is 10.1. The van der Waals surface area contributed by atoms with Crippen LogP contribution in [-0.4, -0.2) is 24.8 Å². The van der Waals surface area contributed by atoms with Crippen molar-refractivity contribution in [2.45, 2.75) is 6.42 Å². The molecule has 0 radical (unpaired) electrons. The van der Waals surface area contributed by atoms with E-state index in [0.717, 1.165) is 43.6 Å². The lowest BCUT2D eigenvalue weighted by Gasteiger charge is -2.13. The van der Waals surface area contributed by atoms with Crippen LogP contribution in [0.3, 0.4) is 0 Å². The second kappa shape index (κ2) is 9.20. The van der Waals surface area contributed by atoms with Crippen molar-refractivity contribution in [3.8, 4) is 0 Å². The van der Waals surface area contributed by atoms with Crippen molar-refractivity contribution in [1.82, 2.24) is 10.7 Å². The standard InChI is InChI=1S/C17H16Cl2N4S2/c18-15-8-6-13(24-15)4-2-12(3-5-14-7-9-16(19)25-14)22-23-17-20-10-1-11-21-17/h2-9H,1,10-11H2,(H2,20,21,23)/b4-2+,5-3+. The first kappa shape index (κ1) is 18.2. The van der Waals surface area contributed by atoms with Gasteiger partial charge < -0.3 is 5.32 Å². The first-order valence-electron chi connectivity index (χ1n) is 7.68. The number of rotatable bonds is 5. The third-order valence-electron chi connectivity index (χ3n) is 3.21. The van der Waals surface area contributed by atoms with Crippen LogP contribution in [0, 0.1) is 0 Å². The zero-order valence-electron chi connectivity index (χ0n) is 13.2. The van der Waals surface area contributed by atoms with Crippen molar-refractivity contribution in [2.75, 3.05) is 13.1 Å². The second-order valence-electron chi connectivity index (χ2n) is 5.11. The summed E-state index contributed by atoms with van der Waals surface area (Å²) in [4.78, 5) is 6.49. The summed E-state index contributed by atoms with van der Waals surface area (Å²) in [6.45, 7) is 1.72. The Morgan fingerprint density at radius 1 is 1.08 bits per heavy atom. The minimum absolute atomic E-state index is 0.698. The maximum absolute atomic E-state index is 5.97. The minimum Gasteiger partial charge on any atom is -0.355 e. The highest BCUT2D eigenvalue weighted by atomic mass is 35.5. The largest absolute Gasteiger partial charge is 0.355 e. The van der Waals surface area contributed by atoms with E-state index < -0.39 is 0 Å². The Morgan fingerprint density at radius 2 is 1.72 bits per heavy atom. The molecule has 2 aromatic heterocycles. The molecule has 2 aromatic rings. The van der Waals surface area contributed by atoms with Crippen LogP contribution in [0.1, 0.15) is 16.2 Å². The van der Waals surface area contributed by atoms with Crippen molar-refractivity contribution in [3.05, 3.63) is 54.8 Å². The van der Waals surface area contributed by atoms with Gasteiger partial charge in [0.25, 0.3) is 0 Å². The minimum atomic E-state index is 0.698. The highest BCUT2D eigenvalue weighted by Gasteiger charge is 2.02. The van der Waals surface area contributed by atoms with Crippen molar-refractivity contribution >= 4 is 69.7 Å². The van der Waals surface area contributed by atoms with E-state index >= 15 is 0 Å². The fourth-order valence-electron chi connectivity index (χ4n) is 2.03. The fraction of sp³-hybridized carbons (Fsp3) is 0.176. The number of allylic oxidation sites excluding steroid dienone is 2. The smallest absolute Gasteiger partial charge is 0.212 e. The Labute approximate surface area is 164 Å². The van der Waals surface area contributed by atoms with Crippen LogP contribution in [0.25, 0.3) is 12.2 Å². The number of thiophene rings is 2. The molecule has 0 spiro atoms. The van der Waals surface area contributed by atoms with E-state index in [9.17, 15) is 0 Å². The quantitative estimate of drug-likeness (QED) is 0.529. The van der Waals surface area contributed by atoms with Crippen molar-refractivity contribution in [2.24, 2.45) is 10.1 Å². The number of aliphatic imine (C=N–C) groups is 1. The molecule has 3 rings (SSSR count). The number of hydrogen-bond acceptors (Lipinski definition) is 6. The van der Waals surface area contributed by atoms with Crippen LogP contribution in [0.2, 0.25) is 8.67 Å². The molecule has 8 heteroatoms. The number of nitrogens with one attached hydrogen (secondary N) is 2. The lowest BCUT2D eigenvalue weighted by Crippen LogP contribution is -2.38. The summed E-state index contributed by atoms with van der Waals surface area (Å²) in [7, 11) is 0. The van der Waals surface area contributed by atoms with Crippen LogP contribution in [0.5, 0.6) is 0 Å². The molecule has 4 nitrogen and oxygen atoms in total. The first-order chi connectivity index (χ1) is 12.2. The Kier molecular flexibility index (Phi) is 6.69. The predicted molar refractivity (Wildman–Crippen MR) is 112 cm³/mol. The molecule has 0 saturated heterocycles. The van der Waals surface area contributed by atoms with E-state index in [-0.39, 0.29) is 0 Å². The molecule has 0 aromatic carbocycles. The van der Waals surface area contributed by atoms with Gasteiger partial charge in [-0.3, -0.25) is 4.99 Å². The molecule has 3 heterocycles. The number of hydrazone groups is 1. The van der Waals surface area contributed by atoms with Crippen molar-refractivity contribution < 1.29 is 0 Å². The van der Waals surface area contributed by atoms with Gasteiger partial charge in [-0.25, -0.2) is 5.43 Å². The van der Waals surface area contributed by atoms with E-state index in [1.165, 1.54) is 22.7 Å². The van der Waals surface area contributed by atoms with Gasteiger partial charge in [0.2, 0.25) is 5.96 Å². The summed E-state index contributed by atoms with van der Waals surface area (Å²) < 4.78 is 1.53. The highest BCUT2D eigenvalue weighted by molar-refractivity contribution is 7.17. The van der Waals surface area contributed by atoms with Crippen LogP contribution < -0.4 is 10.7 Å². The molecule has 0 amide bonds. The van der Waals surface area contributed by atoms with Gasteiger partial charge in [0.05, 0.1) is 14.4 Å². The van der Waals surface area contributed by atoms with Gasteiger partial charge in [-0.2, -0.15) is 5.10 Å². The summed E-state index contributed by atoms with van der Waals surface area (Å²) >= 11 is 15.0. The molecule has 0 fully saturated rings. The van der Waals surface area contributed by atoms with Crippen LogP contribution in [-0.2, 0) is 0 Å². The van der Waals surface area contributed by atoms with E-state index in [4.69, 9.17) is 23.2 Å². The zero-order valence-corrected chi connectivity index (χ0v) is 16.4. The molecule has 0 unspecified atom stereocenters. The van der Waals surface area contributed by atoms with Crippen LogP contribution >= 0.6 is 45.9 Å². The summed E-state index contributed by atoms with van der Waals surface area (Å²) in [5, 5.41) is 7.62. The molecule has 130 valence electrons. The Balaban J connectivity index is 1.75. The summed E-state index contributed by atoms with van der Waals surface area (Å²) in [6.07, 6.45) is 8.88. The van der Waals surface area contributed by atoms with E-state index in [1.807, 2.05) is 48.6 Å². The zero-order chi connectivity index (χ0) is 17.5. The average Bonchev–Trinajstić information content (AvgIpc) is 3.23. The number of hydrogen-bond donors (Lipinski definition) is 2. The molecule has 0 atom stereocenters. The number of halogens is 2. The molecular weight excluding hydrogens is 395 g/mol. The maximum Gasteiger partial charge on any atom is 0.212 e. The average molecular weight is 411 g/mol. The van der Waals surface area contributed by atoms with Gasteiger partial charge in [0.15, 0.2) is 0 Å². The fourth-order valence-corrected chi connectivity index (χ4v) is 3.95. The van der Waals surface area contributed by atoms with Crippen LogP contribution in [0.15, 0.2) is 46.5 Å². The molecule has 1 aliphatic rings. The molecule has 2 N–H and O–H groups in total. The lowest BCUT2D eigenvalue weighted by atomic mass is 10.2. The van der Waals surface area contributed by atoms with Crippen LogP contribution in [0.4, 0.5) is 0 Å². The van der Waals surface area contributed by atoms with Gasteiger partial charge in [-0.1, -0.05) is 23.2 Å². The van der Waals surface area contributed by atoms with Gasteiger partial charge in [0, 0.05) is 22.8 Å². The maximum atomic E-state index is 5.97. The summed E-state index contributed by atoms with van der Waals surface area (Å²) in [5.41, 5.74) is 3.75.